The molecule has 1 aliphatic heterocycles. The predicted octanol–water partition coefficient (Wildman–Crippen LogP) is 3.97. The molecule has 0 aliphatic carbocycles. The molecule has 8 heteroatoms. The molecule has 1 unspecified atom stereocenters. The van der Waals surface area contributed by atoms with Gasteiger partial charge in [-0.25, -0.2) is 9.38 Å². The van der Waals surface area contributed by atoms with Gasteiger partial charge in [-0.3, -0.25) is 0 Å². The summed E-state index contributed by atoms with van der Waals surface area (Å²) < 4.78 is 14.7. The molecule has 1 heterocycles. The lowest BCUT2D eigenvalue weighted by Crippen LogP contribution is -2.42. The molecule has 1 atom stereocenters. The highest BCUT2D eigenvalue weighted by molar-refractivity contribution is 14.0. The molecule has 1 aromatic carbocycles. The molecule has 0 bridgehead atoms. The van der Waals surface area contributed by atoms with Crippen LogP contribution in [0.3, 0.4) is 0 Å². The fourth-order valence-electron chi connectivity index (χ4n) is 3.97. The van der Waals surface area contributed by atoms with Crippen molar-refractivity contribution in [1.29, 1.82) is 0 Å². The number of hydrogen-bond acceptors (Lipinski definition) is 4. The largest absolute Gasteiger partial charge is 0.393 e. The number of aliphatic hydroxyl groups is 1. The molecule has 0 amide bonds. The number of anilines is 1. The van der Waals surface area contributed by atoms with Crippen molar-refractivity contribution in [2.75, 3.05) is 44.2 Å². The number of nitrogens with zero attached hydrogens (tertiary/aromatic N) is 3. The highest BCUT2D eigenvalue weighted by atomic mass is 127. The van der Waals surface area contributed by atoms with E-state index in [1.165, 1.54) is 0 Å². The van der Waals surface area contributed by atoms with E-state index in [9.17, 15) is 9.50 Å². The minimum atomic E-state index is -0.260. The summed E-state index contributed by atoms with van der Waals surface area (Å²) in [5, 5.41) is 16.4. The van der Waals surface area contributed by atoms with Crippen LogP contribution in [0, 0.1) is 5.82 Å². The van der Waals surface area contributed by atoms with E-state index in [-0.39, 0.29) is 35.9 Å². The Hall–Kier alpha value is -1.13. The number of nitrogens with one attached hydrogen (secondary N) is 2. The summed E-state index contributed by atoms with van der Waals surface area (Å²) in [4.78, 5) is 9.12. The molecule has 0 saturated carbocycles. The van der Waals surface area contributed by atoms with E-state index in [1.807, 2.05) is 24.0 Å². The monoisotopic (exact) mass is 563 g/mol. The SMILES string of the molecule is CCNC(=NCc1ccc(N2CCC(O)CC2)c(F)c1)NC(C)CCCN(CC)CC.I. The fourth-order valence-corrected chi connectivity index (χ4v) is 3.97. The van der Waals surface area contributed by atoms with Gasteiger partial charge in [-0.2, -0.15) is 0 Å². The van der Waals surface area contributed by atoms with Gasteiger partial charge in [-0.05, 0) is 76.9 Å². The van der Waals surface area contributed by atoms with Crippen molar-refractivity contribution in [3.8, 4) is 0 Å². The molecular weight excluding hydrogens is 520 g/mol. The van der Waals surface area contributed by atoms with Crippen LogP contribution in [0.4, 0.5) is 10.1 Å². The molecule has 2 rings (SSSR count). The molecule has 1 fully saturated rings. The zero-order chi connectivity index (χ0) is 22.6. The Labute approximate surface area is 211 Å². The molecular formula is C24H43FIN5O. The van der Waals surface area contributed by atoms with Crippen molar-refractivity contribution in [3.63, 3.8) is 0 Å². The summed E-state index contributed by atoms with van der Waals surface area (Å²) in [6.45, 7) is 14.5. The molecule has 1 saturated heterocycles. The molecule has 3 N–H and O–H groups in total. The third-order valence-electron chi connectivity index (χ3n) is 5.97. The van der Waals surface area contributed by atoms with Crippen LogP contribution in [-0.4, -0.2) is 67.4 Å². The van der Waals surface area contributed by atoms with Crippen LogP contribution in [0.2, 0.25) is 0 Å². The highest BCUT2D eigenvalue weighted by Gasteiger charge is 2.19. The summed E-state index contributed by atoms with van der Waals surface area (Å²) in [5.74, 6) is 0.555. The van der Waals surface area contributed by atoms with Crippen LogP contribution in [-0.2, 0) is 6.54 Å². The third-order valence-corrected chi connectivity index (χ3v) is 5.97. The maximum Gasteiger partial charge on any atom is 0.191 e. The minimum absolute atomic E-state index is 0. The standard InChI is InChI=1S/C24H42FN5O.HI/c1-5-26-24(28-19(4)9-8-14-29(6-2)7-3)27-18-20-10-11-23(22(25)17-20)30-15-12-21(31)13-16-30;/h10-11,17,19,21,31H,5-9,12-16,18H2,1-4H3,(H2,26,27,28);1H. The van der Waals surface area contributed by atoms with Gasteiger partial charge in [0.2, 0.25) is 0 Å². The Morgan fingerprint density at radius 3 is 2.53 bits per heavy atom. The van der Waals surface area contributed by atoms with Gasteiger partial charge in [-0.15, -0.1) is 24.0 Å². The van der Waals surface area contributed by atoms with Crippen molar-refractivity contribution >= 4 is 35.6 Å². The Kier molecular flexibility index (Phi) is 14.1. The normalized spacial score (nSPS) is 16.1. The molecule has 0 radical (unpaired) electrons. The molecule has 0 aromatic heterocycles. The molecule has 0 spiro atoms. The van der Waals surface area contributed by atoms with Gasteiger partial charge in [0, 0.05) is 25.7 Å². The van der Waals surface area contributed by atoms with Crippen molar-refractivity contribution < 1.29 is 9.50 Å². The van der Waals surface area contributed by atoms with Crippen LogP contribution in [0.25, 0.3) is 0 Å². The molecule has 32 heavy (non-hydrogen) atoms. The van der Waals surface area contributed by atoms with E-state index in [4.69, 9.17) is 0 Å². The van der Waals surface area contributed by atoms with Gasteiger partial charge in [0.25, 0.3) is 0 Å². The Balaban J connectivity index is 0.00000512. The first-order valence-electron chi connectivity index (χ1n) is 11.9. The van der Waals surface area contributed by atoms with Crippen molar-refractivity contribution in [2.45, 2.75) is 72.1 Å². The lowest BCUT2D eigenvalue weighted by atomic mass is 10.1. The van der Waals surface area contributed by atoms with E-state index in [0.717, 1.165) is 50.5 Å². The predicted molar refractivity (Wildman–Crippen MR) is 144 cm³/mol. The Morgan fingerprint density at radius 1 is 1.25 bits per heavy atom. The quantitative estimate of drug-likeness (QED) is 0.216. The fraction of sp³-hybridized carbons (Fsp3) is 0.708. The van der Waals surface area contributed by atoms with E-state index in [2.05, 4.69) is 41.3 Å². The van der Waals surface area contributed by atoms with E-state index < -0.39 is 0 Å². The van der Waals surface area contributed by atoms with Crippen LogP contribution in [0.5, 0.6) is 0 Å². The van der Waals surface area contributed by atoms with Crippen molar-refractivity contribution in [1.82, 2.24) is 15.5 Å². The zero-order valence-electron chi connectivity index (χ0n) is 20.2. The van der Waals surface area contributed by atoms with Crippen molar-refractivity contribution in [2.24, 2.45) is 4.99 Å². The third kappa shape index (κ3) is 9.79. The number of piperidine rings is 1. The first-order valence-corrected chi connectivity index (χ1v) is 11.9. The summed E-state index contributed by atoms with van der Waals surface area (Å²) in [6.07, 6.45) is 3.35. The molecule has 1 aromatic rings. The summed E-state index contributed by atoms with van der Waals surface area (Å²) >= 11 is 0. The van der Waals surface area contributed by atoms with Crippen LogP contribution in [0.15, 0.2) is 23.2 Å². The van der Waals surface area contributed by atoms with Crippen LogP contribution in [0.1, 0.15) is 58.9 Å². The van der Waals surface area contributed by atoms with Gasteiger partial charge >= 0.3 is 0 Å². The number of halogens is 2. The number of hydrogen-bond donors (Lipinski definition) is 3. The average Bonchev–Trinajstić information content (AvgIpc) is 2.76. The number of rotatable bonds is 11. The summed E-state index contributed by atoms with van der Waals surface area (Å²) in [6, 6.07) is 5.70. The van der Waals surface area contributed by atoms with Gasteiger partial charge in [0.15, 0.2) is 5.96 Å². The maximum absolute atomic E-state index is 14.7. The second kappa shape index (κ2) is 15.7. The smallest absolute Gasteiger partial charge is 0.191 e. The molecule has 184 valence electrons. The Morgan fingerprint density at radius 2 is 1.94 bits per heavy atom. The molecule has 6 nitrogen and oxygen atoms in total. The average molecular weight is 564 g/mol. The summed E-state index contributed by atoms with van der Waals surface area (Å²) in [7, 11) is 0. The van der Waals surface area contributed by atoms with Crippen LogP contribution >= 0.6 is 24.0 Å². The Bertz CT molecular complexity index is 678. The minimum Gasteiger partial charge on any atom is -0.393 e. The second-order valence-corrected chi connectivity index (χ2v) is 8.41. The van der Waals surface area contributed by atoms with Crippen LogP contribution < -0.4 is 15.5 Å². The van der Waals surface area contributed by atoms with Crippen molar-refractivity contribution in [3.05, 3.63) is 29.6 Å². The summed E-state index contributed by atoms with van der Waals surface area (Å²) in [5.41, 5.74) is 1.47. The van der Waals surface area contributed by atoms with Gasteiger partial charge in [0.05, 0.1) is 18.3 Å². The van der Waals surface area contributed by atoms with E-state index in [1.54, 1.807) is 6.07 Å². The van der Waals surface area contributed by atoms with Gasteiger partial charge in [0.1, 0.15) is 5.82 Å². The highest BCUT2D eigenvalue weighted by Crippen LogP contribution is 2.24. The maximum atomic E-state index is 14.7. The number of aliphatic hydroxyl groups excluding tert-OH is 1. The van der Waals surface area contributed by atoms with E-state index >= 15 is 0 Å². The number of guanidine groups is 1. The first kappa shape index (κ1) is 28.9. The van der Waals surface area contributed by atoms with Gasteiger partial charge in [-0.1, -0.05) is 19.9 Å². The zero-order valence-corrected chi connectivity index (χ0v) is 22.6. The van der Waals surface area contributed by atoms with Gasteiger partial charge < -0.3 is 25.5 Å². The topological polar surface area (TPSA) is 63.1 Å². The lowest BCUT2D eigenvalue weighted by molar-refractivity contribution is 0.145. The number of aliphatic imine (C=N–C) groups is 1. The lowest BCUT2D eigenvalue weighted by Gasteiger charge is -2.31. The van der Waals surface area contributed by atoms with E-state index in [0.29, 0.717) is 44.2 Å². The molecule has 1 aliphatic rings. The number of benzene rings is 1. The first-order chi connectivity index (χ1) is 15.0. The second-order valence-electron chi connectivity index (χ2n) is 8.41.